The van der Waals surface area contributed by atoms with Crippen LogP contribution in [0.4, 0.5) is 11.5 Å². The molecule has 0 saturated carbocycles. The van der Waals surface area contributed by atoms with Gasteiger partial charge in [-0.15, -0.1) is 0 Å². The van der Waals surface area contributed by atoms with Crippen molar-refractivity contribution in [3.05, 3.63) is 42.2 Å². The fourth-order valence-corrected chi connectivity index (χ4v) is 3.38. The lowest BCUT2D eigenvalue weighted by atomic mass is 10.1. The Kier molecular flexibility index (Phi) is 5.51. The topological polar surface area (TPSA) is 99.0 Å². The third-order valence-electron chi connectivity index (χ3n) is 4.85. The highest BCUT2D eigenvalue weighted by molar-refractivity contribution is 5.88. The van der Waals surface area contributed by atoms with Gasteiger partial charge in [0, 0.05) is 51.7 Å². The summed E-state index contributed by atoms with van der Waals surface area (Å²) in [4.78, 5) is 15.6. The normalized spacial score (nSPS) is 16.4. The van der Waals surface area contributed by atoms with Gasteiger partial charge in [0.05, 0.1) is 35.2 Å². The van der Waals surface area contributed by atoms with Gasteiger partial charge in [0.25, 0.3) is 0 Å². The Bertz CT molecular complexity index is 1050. The maximum absolute atomic E-state index is 9.54. The summed E-state index contributed by atoms with van der Waals surface area (Å²) >= 11 is 0. The second-order valence-corrected chi connectivity index (χ2v) is 7.10. The van der Waals surface area contributed by atoms with Gasteiger partial charge in [-0.2, -0.15) is 5.26 Å². The molecule has 8 nitrogen and oxygen atoms in total. The van der Waals surface area contributed by atoms with Crippen molar-refractivity contribution in [1.29, 1.82) is 5.26 Å². The number of nitrogens with zero attached hydrogens (tertiary/aromatic N) is 5. The SMILES string of the molecule is CN(C)c1ccc(-c2cc3nccnc3c(NC[C@@H]3CNCCO3)n2)cc1C#N. The second kappa shape index (κ2) is 8.39. The van der Waals surface area contributed by atoms with E-state index in [2.05, 4.69) is 26.7 Å². The van der Waals surface area contributed by atoms with Crippen LogP contribution >= 0.6 is 0 Å². The molecular formula is C21H23N7O. The van der Waals surface area contributed by atoms with E-state index >= 15 is 0 Å². The largest absolute Gasteiger partial charge is 0.377 e. The zero-order chi connectivity index (χ0) is 20.2. The predicted octanol–water partition coefficient (Wildman–Crippen LogP) is 2.03. The first-order valence-electron chi connectivity index (χ1n) is 9.55. The lowest BCUT2D eigenvalue weighted by Crippen LogP contribution is -2.42. The van der Waals surface area contributed by atoms with E-state index in [4.69, 9.17) is 9.72 Å². The summed E-state index contributed by atoms with van der Waals surface area (Å²) < 4.78 is 5.76. The highest BCUT2D eigenvalue weighted by atomic mass is 16.5. The molecule has 1 fully saturated rings. The standard InChI is InChI=1S/C21H23N7O/c1-28(2)19-4-3-14(9-15(19)11-22)17-10-18-20(25-6-5-24-18)21(27-17)26-13-16-12-23-7-8-29-16/h3-6,9-10,16,23H,7-8,12-13H2,1-2H3,(H,26,27)/t16-/m0/s1. The van der Waals surface area contributed by atoms with E-state index in [0.717, 1.165) is 35.6 Å². The summed E-state index contributed by atoms with van der Waals surface area (Å²) in [6, 6.07) is 9.94. The van der Waals surface area contributed by atoms with Crippen molar-refractivity contribution >= 4 is 22.5 Å². The zero-order valence-electron chi connectivity index (χ0n) is 16.5. The molecular weight excluding hydrogens is 366 g/mol. The zero-order valence-corrected chi connectivity index (χ0v) is 16.5. The van der Waals surface area contributed by atoms with Crippen LogP contribution < -0.4 is 15.5 Å². The van der Waals surface area contributed by atoms with Crippen LogP contribution in [-0.4, -0.2) is 61.4 Å². The minimum absolute atomic E-state index is 0.0745. The predicted molar refractivity (Wildman–Crippen MR) is 113 cm³/mol. The van der Waals surface area contributed by atoms with Gasteiger partial charge in [-0.3, -0.25) is 4.98 Å². The van der Waals surface area contributed by atoms with Crippen LogP contribution in [0, 0.1) is 11.3 Å². The first-order valence-corrected chi connectivity index (χ1v) is 9.55. The van der Waals surface area contributed by atoms with Crippen molar-refractivity contribution in [3.63, 3.8) is 0 Å². The summed E-state index contributed by atoms with van der Waals surface area (Å²) in [6.07, 6.45) is 3.40. The monoisotopic (exact) mass is 389 g/mol. The molecule has 2 aromatic heterocycles. The van der Waals surface area contributed by atoms with Crippen molar-refractivity contribution in [2.24, 2.45) is 0 Å². The van der Waals surface area contributed by atoms with E-state index in [0.29, 0.717) is 30.0 Å². The highest BCUT2D eigenvalue weighted by Crippen LogP contribution is 2.29. The number of hydrogen-bond donors (Lipinski definition) is 2. The van der Waals surface area contributed by atoms with Gasteiger partial charge in [0.1, 0.15) is 11.6 Å². The number of nitriles is 1. The molecule has 4 rings (SSSR count). The van der Waals surface area contributed by atoms with Gasteiger partial charge in [-0.05, 0) is 18.2 Å². The Labute approximate surface area is 169 Å². The minimum Gasteiger partial charge on any atom is -0.377 e. The van der Waals surface area contributed by atoms with Crippen LogP contribution in [0.1, 0.15) is 5.56 Å². The number of hydrogen-bond acceptors (Lipinski definition) is 8. The molecule has 1 saturated heterocycles. The number of nitrogens with one attached hydrogen (secondary N) is 2. The Balaban J connectivity index is 1.71. The molecule has 1 atom stereocenters. The number of morpholine rings is 1. The number of fused-ring (bicyclic) bond motifs is 1. The number of aromatic nitrogens is 3. The molecule has 3 aromatic rings. The van der Waals surface area contributed by atoms with Crippen molar-refractivity contribution in [2.75, 3.05) is 50.6 Å². The minimum atomic E-state index is 0.0745. The Morgan fingerprint density at radius 3 is 2.90 bits per heavy atom. The summed E-state index contributed by atoms with van der Waals surface area (Å²) in [6.45, 7) is 3.00. The maximum atomic E-state index is 9.54. The van der Waals surface area contributed by atoms with Crippen LogP contribution in [0.5, 0.6) is 0 Å². The number of rotatable bonds is 5. The highest BCUT2D eigenvalue weighted by Gasteiger charge is 2.16. The quantitative estimate of drug-likeness (QED) is 0.684. The van der Waals surface area contributed by atoms with Crippen molar-refractivity contribution < 1.29 is 4.74 Å². The first kappa shape index (κ1) is 19.1. The molecule has 1 aromatic carbocycles. The Morgan fingerprint density at radius 2 is 2.14 bits per heavy atom. The number of benzene rings is 1. The van der Waals surface area contributed by atoms with Crippen LogP contribution in [0.3, 0.4) is 0 Å². The summed E-state index contributed by atoms with van der Waals surface area (Å²) in [5, 5.41) is 16.2. The molecule has 1 aliphatic rings. The van der Waals surface area contributed by atoms with Crippen molar-refractivity contribution in [3.8, 4) is 17.3 Å². The third-order valence-corrected chi connectivity index (χ3v) is 4.85. The number of pyridine rings is 1. The van der Waals surface area contributed by atoms with Crippen LogP contribution in [0.25, 0.3) is 22.3 Å². The van der Waals surface area contributed by atoms with Gasteiger partial charge in [-0.1, -0.05) is 6.07 Å². The third kappa shape index (κ3) is 4.11. The van der Waals surface area contributed by atoms with Gasteiger partial charge in [-0.25, -0.2) is 9.97 Å². The van der Waals surface area contributed by atoms with E-state index in [1.807, 2.05) is 43.3 Å². The van der Waals surface area contributed by atoms with Gasteiger partial charge in [0.2, 0.25) is 0 Å². The Morgan fingerprint density at radius 1 is 1.28 bits per heavy atom. The Hall–Kier alpha value is -3.28. The molecule has 8 heteroatoms. The molecule has 0 spiro atoms. The van der Waals surface area contributed by atoms with E-state index in [-0.39, 0.29) is 6.10 Å². The fraction of sp³-hybridized carbons (Fsp3) is 0.333. The molecule has 0 unspecified atom stereocenters. The number of anilines is 2. The smallest absolute Gasteiger partial charge is 0.154 e. The lowest BCUT2D eigenvalue weighted by Gasteiger charge is -2.24. The number of ether oxygens (including phenoxy) is 1. The van der Waals surface area contributed by atoms with Gasteiger partial charge >= 0.3 is 0 Å². The summed E-state index contributed by atoms with van der Waals surface area (Å²) in [5.74, 6) is 0.662. The molecule has 0 amide bonds. The van der Waals surface area contributed by atoms with Crippen molar-refractivity contribution in [2.45, 2.75) is 6.10 Å². The molecule has 1 aliphatic heterocycles. The van der Waals surface area contributed by atoms with E-state index in [1.54, 1.807) is 12.4 Å². The lowest BCUT2D eigenvalue weighted by molar-refractivity contribution is 0.0372. The van der Waals surface area contributed by atoms with Crippen molar-refractivity contribution in [1.82, 2.24) is 20.3 Å². The van der Waals surface area contributed by atoms with Crippen LogP contribution in [0.15, 0.2) is 36.7 Å². The average molecular weight is 389 g/mol. The molecule has 0 radical (unpaired) electrons. The van der Waals surface area contributed by atoms with Crippen LogP contribution in [-0.2, 0) is 4.74 Å². The summed E-state index contributed by atoms with van der Waals surface area (Å²) in [5.41, 5.74) is 4.54. The molecule has 0 aliphatic carbocycles. The maximum Gasteiger partial charge on any atom is 0.154 e. The molecule has 29 heavy (non-hydrogen) atoms. The molecule has 3 heterocycles. The average Bonchev–Trinajstić information content (AvgIpc) is 2.77. The van der Waals surface area contributed by atoms with E-state index in [1.165, 1.54) is 0 Å². The summed E-state index contributed by atoms with van der Waals surface area (Å²) in [7, 11) is 3.84. The van der Waals surface area contributed by atoms with Gasteiger partial charge in [0.15, 0.2) is 5.82 Å². The van der Waals surface area contributed by atoms with E-state index in [9.17, 15) is 5.26 Å². The fourth-order valence-electron chi connectivity index (χ4n) is 3.38. The van der Waals surface area contributed by atoms with E-state index < -0.39 is 0 Å². The second-order valence-electron chi connectivity index (χ2n) is 7.10. The molecule has 0 bridgehead atoms. The first-order chi connectivity index (χ1) is 14.2. The molecule has 148 valence electrons. The molecule has 2 N–H and O–H groups in total. The van der Waals surface area contributed by atoms with Crippen LogP contribution in [0.2, 0.25) is 0 Å². The van der Waals surface area contributed by atoms with Gasteiger partial charge < -0.3 is 20.3 Å².